The SMILES string of the molecule is CN(CC1O[C@@H](n2cnc3c(N)ncnc32)[C@H](O)[C@@H]1O)N(C)C[C@H]1OC(n2cnc3c(N)ncnc32)[C@H](O)[C@@H]1O. The lowest BCUT2D eigenvalue weighted by atomic mass is 10.1. The maximum Gasteiger partial charge on any atom is 0.167 e. The van der Waals surface area contributed by atoms with Gasteiger partial charge in [-0.05, 0) is 0 Å². The number of imidazole rings is 2. The molecule has 6 rings (SSSR count). The molecule has 18 nitrogen and oxygen atoms in total. The largest absolute Gasteiger partial charge is 0.387 e. The van der Waals surface area contributed by atoms with Crippen LogP contribution < -0.4 is 11.5 Å². The summed E-state index contributed by atoms with van der Waals surface area (Å²) in [4.78, 5) is 24.6. The van der Waals surface area contributed by atoms with Crippen molar-refractivity contribution in [2.45, 2.75) is 49.1 Å². The van der Waals surface area contributed by atoms with E-state index < -0.39 is 49.1 Å². The number of likely N-dealkylation sites (N-methyl/N-ethyl adjacent to an activating group) is 2. The molecule has 0 radical (unpaired) electrons. The fourth-order valence-electron chi connectivity index (χ4n) is 5.13. The number of nitrogens with zero attached hydrogens (tertiary/aromatic N) is 10. The molecule has 8 N–H and O–H groups in total. The lowest BCUT2D eigenvalue weighted by molar-refractivity contribution is -0.0993. The van der Waals surface area contributed by atoms with Gasteiger partial charge >= 0.3 is 0 Å². The van der Waals surface area contributed by atoms with E-state index in [0.29, 0.717) is 22.3 Å². The zero-order valence-corrected chi connectivity index (χ0v) is 21.6. The third-order valence-corrected chi connectivity index (χ3v) is 7.47. The van der Waals surface area contributed by atoms with Gasteiger partial charge < -0.3 is 41.4 Å². The van der Waals surface area contributed by atoms with Gasteiger partial charge in [0, 0.05) is 27.2 Å². The summed E-state index contributed by atoms with van der Waals surface area (Å²) in [5.74, 6) is 0.383. The summed E-state index contributed by atoms with van der Waals surface area (Å²) >= 11 is 0. The summed E-state index contributed by atoms with van der Waals surface area (Å²) in [7, 11) is 3.52. The summed E-state index contributed by atoms with van der Waals surface area (Å²) in [6.45, 7) is 0.373. The minimum Gasteiger partial charge on any atom is -0.387 e. The van der Waals surface area contributed by atoms with Crippen molar-refractivity contribution in [1.29, 1.82) is 0 Å². The quantitative estimate of drug-likeness (QED) is 0.123. The standard InChI is InChI=1S/C22H30N12O6/c1-31(3-9-13(35)15(37)21(39-9)33-7-29-11-17(23)25-5-27-19(11)33)32(2)4-10-14(36)16(38)22(40-10)34-8-30-12-18(24)26-6-28-20(12)34/h5-10,13-16,21-22,35-38H,3-4H2,1-2H3,(H2,23,25,27)(H2,24,26,28)/t9-,10?,13-,14-,15-,16-,21?,22-/m1/s1. The van der Waals surface area contributed by atoms with Crippen molar-refractivity contribution in [2.75, 3.05) is 38.7 Å². The molecule has 214 valence electrons. The number of nitrogens with two attached hydrogens (primary N) is 2. The number of anilines is 2. The van der Waals surface area contributed by atoms with Crippen molar-refractivity contribution in [3.8, 4) is 0 Å². The van der Waals surface area contributed by atoms with Gasteiger partial charge in [-0.1, -0.05) is 0 Å². The van der Waals surface area contributed by atoms with Crippen LogP contribution in [-0.2, 0) is 9.47 Å². The Morgan fingerprint density at radius 2 is 1.07 bits per heavy atom. The summed E-state index contributed by atoms with van der Waals surface area (Å²) in [6, 6.07) is 0. The molecule has 0 spiro atoms. The molecule has 18 heteroatoms. The Balaban J connectivity index is 1.11. The van der Waals surface area contributed by atoms with Gasteiger partial charge in [0.05, 0.1) is 12.7 Å². The van der Waals surface area contributed by atoms with Gasteiger partial charge in [0.15, 0.2) is 35.4 Å². The number of hydrogen-bond donors (Lipinski definition) is 6. The molecule has 8 atom stereocenters. The van der Waals surface area contributed by atoms with E-state index in [1.54, 1.807) is 24.1 Å². The first-order chi connectivity index (χ1) is 19.2. The van der Waals surface area contributed by atoms with Gasteiger partial charge in [-0.3, -0.25) is 9.13 Å². The predicted octanol–water partition coefficient (Wildman–Crippen LogP) is -3.15. The van der Waals surface area contributed by atoms with E-state index in [0.717, 1.165) is 0 Å². The molecule has 2 unspecified atom stereocenters. The number of aliphatic hydroxyl groups is 4. The Labute approximate surface area is 226 Å². The van der Waals surface area contributed by atoms with Crippen LogP contribution in [0.25, 0.3) is 22.3 Å². The molecule has 4 aromatic rings. The molecule has 0 saturated carbocycles. The van der Waals surface area contributed by atoms with Gasteiger partial charge in [-0.25, -0.2) is 39.9 Å². The van der Waals surface area contributed by atoms with Crippen molar-refractivity contribution in [2.24, 2.45) is 0 Å². The summed E-state index contributed by atoms with van der Waals surface area (Å²) in [5, 5.41) is 46.5. The molecule has 0 aliphatic carbocycles. The van der Waals surface area contributed by atoms with Crippen molar-refractivity contribution in [3.05, 3.63) is 25.3 Å². The van der Waals surface area contributed by atoms with Crippen LogP contribution in [0.5, 0.6) is 0 Å². The Bertz CT molecular complexity index is 1400. The van der Waals surface area contributed by atoms with E-state index in [-0.39, 0.29) is 24.7 Å². The van der Waals surface area contributed by atoms with Gasteiger partial charge in [0.25, 0.3) is 0 Å². The fourth-order valence-corrected chi connectivity index (χ4v) is 5.13. The molecule has 6 heterocycles. The molecule has 0 aromatic carbocycles. The Morgan fingerprint density at radius 3 is 1.48 bits per heavy atom. The number of nitrogen functional groups attached to an aromatic ring is 2. The third kappa shape index (κ3) is 4.30. The number of aromatic nitrogens is 8. The summed E-state index contributed by atoms with van der Waals surface area (Å²) in [5.41, 5.74) is 13.2. The average Bonchev–Trinajstić information content (AvgIpc) is 3.68. The van der Waals surface area contributed by atoms with E-state index in [2.05, 4.69) is 29.9 Å². The second kappa shape index (κ2) is 10.1. The van der Waals surface area contributed by atoms with Gasteiger partial charge in [-0.15, -0.1) is 0 Å². The van der Waals surface area contributed by atoms with Crippen molar-refractivity contribution < 1.29 is 29.9 Å². The normalized spacial score (nSPS) is 30.9. The van der Waals surface area contributed by atoms with Crippen molar-refractivity contribution >= 4 is 34.0 Å². The highest BCUT2D eigenvalue weighted by atomic mass is 16.6. The smallest absolute Gasteiger partial charge is 0.167 e. The van der Waals surface area contributed by atoms with Crippen LogP contribution in [-0.4, -0.2) is 133 Å². The molecule has 2 aliphatic rings. The zero-order chi connectivity index (χ0) is 28.3. The Hall–Kier alpha value is -3.62. The highest BCUT2D eigenvalue weighted by molar-refractivity contribution is 5.81. The topological polar surface area (TPSA) is 245 Å². The fraction of sp³-hybridized carbons (Fsp3) is 0.545. The number of fused-ring (bicyclic) bond motifs is 2. The van der Waals surface area contributed by atoms with Crippen LogP contribution in [0.4, 0.5) is 11.6 Å². The molecule has 2 saturated heterocycles. The van der Waals surface area contributed by atoms with Gasteiger partial charge in [0.1, 0.15) is 60.3 Å². The molecule has 2 aliphatic heterocycles. The first-order valence-electron chi connectivity index (χ1n) is 12.5. The lowest BCUT2D eigenvalue weighted by Crippen LogP contribution is -2.49. The van der Waals surface area contributed by atoms with Crippen LogP contribution in [0.1, 0.15) is 12.5 Å². The molecular formula is C22H30N12O6. The molecule has 0 amide bonds. The molecule has 4 aromatic heterocycles. The zero-order valence-electron chi connectivity index (χ0n) is 21.6. The van der Waals surface area contributed by atoms with E-state index in [9.17, 15) is 20.4 Å². The number of hydrazine groups is 1. The van der Waals surface area contributed by atoms with E-state index in [4.69, 9.17) is 20.9 Å². The molecule has 0 bridgehead atoms. The van der Waals surface area contributed by atoms with E-state index in [1.165, 1.54) is 34.4 Å². The molecule has 40 heavy (non-hydrogen) atoms. The summed E-state index contributed by atoms with van der Waals surface area (Å²) < 4.78 is 15.1. The van der Waals surface area contributed by atoms with Gasteiger partial charge in [-0.2, -0.15) is 0 Å². The van der Waals surface area contributed by atoms with Crippen LogP contribution >= 0.6 is 0 Å². The number of aliphatic hydroxyl groups excluding tert-OH is 4. The maximum atomic E-state index is 10.8. The van der Waals surface area contributed by atoms with E-state index in [1.807, 2.05) is 0 Å². The number of hydrogen-bond acceptors (Lipinski definition) is 16. The second-order valence-electron chi connectivity index (χ2n) is 9.94. The minimum absolute atomic E-state index is 0.187. The monoisotopic (exact) mass is 558 g/mol. The number of ether oxygens (including phenoxy) is 2. The highest BCUT2D eigenvalue weighted by Crippen LogP contribution is 2.34. The van der Waals surface area contributed by atoms with Crippen LogP contribution in [0, 0.1) is 0 Å². The van der Waals surface area contributed by atoms with Gasteiger partial charge in [0.2, 0.25) is 0 Å². The molecular weight excluding hydrogens is 528 g/mol. The lowest BCUT2D eigenvalue weighted by Gasteiger charge is -2.33. The summed E-state index contributed by atoms with van der Waals surface area (Å²) in [6.07, 6.45) is -2.94. The van der Waals surface area contributed by atoms with Crippen molar-refractivity contribution in [1.82, 2.24) is 49.1 Å². The Kier molecular flexibility index (Phi) is 6.71. The van der Waals surface area contributed by atoms with Crippen LogP contribution in [0.15, 0.2) is 25.3 Å². The highest BCUT2D eigenvalue weighted by Gasteiger charge is 2.47. The van der Waals surface area contributed by atoms with Crippen molar-refractivity contribution in [3.63, 3.8) is 0 Å². The third-order valence-electron chi connectivity index (χ3n) is 7.47. The predicted molar refractivity (Wildman–Crippen MR) is 137 cm³/mol. The minimum atomic E-state index is -1.25. The average molecular weight is 559 g/mol. The van der Waals surface area contributed by atoms with Crippen LogP contribution in [0.2, 0.25) is 0 Å². The molecule has 2 fully saturated rings. The number of rotatable bonds is 7. The second-order valence-corrected chi connectivity index (χ2v) is 9.94. The Morgan fingerprint density at radius 1 is 0.675 bits per heavy atom. The van der Waals surface area contributed by atoms with Crippen LogP contribution in [0.3, 0.4) is 0 Å². The maximum absolute atomic E-state index is 10.8. The van der Waals surface area contributed by atoms with E-state index >= 15 is 0 Å². The first-order valence-corrected chi connectivity index (χ1v) is 12.5. The first kappa shape index (κ1) is 26.6.